The molecule has 2 N–H and O–H groups in total. The van der Waals surface area contributed by atoms with Crippen LogP contribution in [0.1, 0.15) is 24.4 Å². The summed E-state index contributed by atoms with van der Waals surface area (Å²) in [4.78, 5) is 4.34. The van der Waals surface area contributed by atoms with Gasteiger partial charge < -0.3 is 10.6 Å². The largest absolute Gasteiger partial charge is 0.329 e. The van der Waals surface area contributed by atoms with Gasteiger partial charge in [-0.3, -0.25) is 4.90 Å². The Bertz CT molecular complexity index is 453. The number of nitrogens with two attached hydrogens (primary N) is 1. The van der Waals surface area contributed by atoms with Crippen LogP contribution in [0.15, 0.2) is 18.2 Å². The molecule has 0 saturated carbocycles. The lowest BCUT2D eigenvalue weighted by atomic mass is 10.0. The summed E-state index contributed by atoms with van der Waals surface area (Å²) in [5, 5.41) is 0. The quantitative estimate of drug-likeness (QED) is 0.897. The molecule has 112 valence electrons. The van der Waals surface area contributed by atoms with Gasteiger partial charge in [0, 0.05) is 30.7 Å². The molecule has 0 amide bonds. The zero-order valence-corrected chi connectivity index (χ0v) is 12.1. The average Bonchev–Trinajstić information content (AvgIpc) is 2.81. The smallest absolute Gasteiger partial charge is 0.163 e. The minimum absolute atomic E-state index is 0.271. The number of rotatable bonds is 5. The first-order valence-electron chi connectivity index (χ1n) is 7.09. The third kappa shape index (κ3) is 3.16. The lowest BCUT2D eigenvalue weighted by Crippen LogP contribution is -2.40. The first kappa shape index (κ1) is 15.4. The molecule has 1 aromatic carbocycles. The monoisotopic (exact) mass is 283 g/mol. The summed E-state index contributed by atoms with van der Waals surface area (Å²) in [6.07, 6.45) is 2.33. The number of nitrogens with zero attached hydrogens (tertiary/aromatic N) is 2. The van der Waals surface area contributed by atoms with Crippen molar-refractivity contribution in [1.29, 1.82) is 0 Å². The van der Waals surface area contributed by atoms with Gasteiger partial charge in [-0.1, -0.05) is 12.1 Å². The number of hydrogen-bond acceptors (Lipinski definition) is 3. The molecule has 2 unspecified atom stereocenters. The minimum Gasteiger partial charge on any atom is -0.329 e. The molecule has 0 spiro atoms. The number of benzene rings is 1. The van der Waals surface area contributed by atoms with Crippen LogP contribution in [0, 0.1) is 11.6 Å². The van der Waals surface area contributed by atoms with Gasteiger partial charge >= 0.3 is 0 Å². The van der Waals surface area contributed by atoms with Crippen molar-refractivity contribution in [1.82, 2.24) is 9.80 Å². The summed E-state index contributed by atoms with van der Waals surface area (Å²) >= 11 is 0. The number of likely N-dealkylation sites (tertiary alicyclic amines) is 1. The Hall–Kier alpha value is -1.04. The molecule has 0 aliphatic carbocycles. The molecular weight excluding hydrogens is 260 g/mol. The van der Waals surface area contributed by atoms with Crippen molar-refractivity contribution >= 4 is 0 Å². The standard InChI is InChI=1S/C15H23F2N3/c1-19-8-4-5-11(19)10-20(2)14(9-18)12-6-3-7-13(16)15(12)17/h3,6-7,11,14H,4-5,8-10,18H2,1-2H3. The van der Waals surface area contributed by atoms with Gasteiger partial charge in [-0.2, -0.15) is 0 Å². The van der Waals surface area contributed by atoms with Crippen LogP contribution in [0.4, 0.5) is 8.78 Å². The van der Waals surface area contributed by atoms with Gasteiger partial charge in [-0.25, -0.2) is 8.78 Å². The fraction of sp³-hybridized carbons (Fsp3) is 0.600. The van der Waals surface area contributed by atoms with E-state index in [-0.39, 0.29) is 12.6 Å². The molecule has 1 fully saturated rings. The maximum absolute atomic E-state index is 13.9. The Balaban J connectivity index is 2.12. The summed E-state index contributed by atoms with van der Waals surface area (Å²) in [6, 6.07) is 4.46. The maximum Gasteiger partial charge on any atom is 0.163 e. The minimum atomic E-state index is -0.813. The summed E-state index contributed by atoms with van der Waals surface area (Å²) in [5.74, 6) is -1.60. The summed E-state index contributed by atoms with van der Waals surface area (Å²) in [5.41, 5.74) is 6.13. The molecule has 1 aromatic rings. The maximum atomic E-state index is 13.9. The fourth-order valence-electron chi connectivity index (χ4n) is 2.99. The van der Waals surface area contributed by atoms with Crippen molar-refractivity contribution in [3.8, 4) is 0 Å². The highest BCUT2D eigenvalue weighted by molar-refractivity contribution is 5.23. The molecule has 2 rings (SSSR count). The van der Waals surface area contributed by atoms with Crippen LogP contribution < -0.4 is 5.73 Å². The van der Waals surface area contributed by atoms with E-state index in [1.165, 1.54) is 12.5 Å². The molecule has 0 radical (unpaired) electrons. The predicted octanol–water partition coefficient (Wildman–Crippen LogP) is 1.99. The van der Waals surface area contributed by atoms with Crippen molar-refractivity contribution < 1.29 is 8.78 Å². The molecule has 3 nitrogen and oxygen atoms in total. The zero-order valence-electron chi connectivity index (χ0n) is 12.1. The third-order valence-corrected chi connectivity index (χ3v) is 4.27. The van der Waals surface area contributed by atoms with Gasteiger partial charge in [-0.05, 0) is 39.5 Å². The van der Waals surface area contributed by atoms with E-state index in [9.17, 15) is 8.78 Å². The third-order valence-electron chi connectivity index (χ3n) is 4.27. The Morgan fingerprint density at radius 1 is 1.45 bits per heavy atom. The van der Waals surface area contributed by atoms with Crippen LogP contribution in [0.5, 0.6) is 0 Å². The molecular formula is C15H23F2N3. The van der Waals surface area contributed by atoms with Crippen molar-refractivity contribution in [3.05, 3.63) is 35.4 Å². The van der Waals surface area contributed by atoms with Gasteiger partial charge in [0.2, 0.25) is 0 Å². The Labute approximate surface area is 119 Å². The lowest BCUT2D eigenvalue weighted by Gasteiger charge is -2.32. The normalized spacial score (nSPS) is 21.6. The molecule has 0 aromatic heterocycles. The van der Waals surface area contributed by atoms with Gasteiger partial charge in [0.15, 0.2) is 11.6 Å². The van der Waals surface area contributed by atoms with Crippen molar-refractivity contribution in [2.45, 2.75) is 24.9 Å². The van der Waals surface area contributed by atoms with E-state index < -0.39 is 11.6 Å². The van der Waals surface area contributed by atoms with Crippen molar-refractivity contribution in [2.75, 3.05) is 33.7 Å². The predicted molar refractivity (Wildman–Crippen MR) is 76.4 cm³/mol. The van der Waals surface area contributed by atoms with Crippen molar-refractivity contribution in [3.63, 3.8) is 0 Å². The molecule has 1 saturated heterocycles. The Morgan fingerprint density at radius 3 is 2.80 bits per heavy atom. The van der Waals surface area contributed by atoms with E-state index >= 15 is 0 Å². The van der Waals surface area contributed by atoms with Gasteiger partial charge in [-0.15, -0.1) is 0 Å². The molecule has 1 aliphatic heterocycles. The first-order valence-corrected chi connectivity index (χ1v) is 7.09. The van der Waals surface area contributed by atoms with Crippen LogP contribution in [-0.2, 0) is 0 Å². The van der Waals surface area contributed by atoms with Gasteiger partial charge in [0.25, 0.3) is 0 Å². The van der Waals surface area contributed by atoms with Crippen LogP contribution in [0.3, 0.4) is 0 Å². The second-order valence-electron chi connectivity index (χ2n) is 5.61. The van der Waals surface area contributed by atoms with E-state index in [0.29, 0.717) is 11.6 Å². The molecule has 5 heteroatoms. The first-order chi connectivity index (χ1) is 9.54. The van der Waals surface area contributed by atoms with Gasteiger partial charge in [0.1, 0.15) is 0 Å². The SMILES string of the molecule is CN1CCCC1CN(C)C(CN)c1cccc(F)c1F. The lowest BCUT2D eigenvalue weighted by molar-refractivity contribution is 0.177. The highest BCUT2D eigenvalue weighted by Gasteiger charge is 2.27. The Morgan fingerprint density at radius 2 is 2.20 bits per heavy atom. The second-order valence-corrected chi connectivity index (χ2v) is 5.61. The molecule has 0 bridgehead atoms. The number of likely N-dealkylation sites (N-methyl/N-ethyl adjacent to an activating group) is 2. The molecule has 1 heterocycles. The summed E-state index contributed by atoms with van der Waals surface area (Å²) in [7, 11) is 4.03. The van der Waals surface area contributed by atoms with E-state index in [1.807, 2.05) is 11.9 Å². The molecule has 1 aliphatic rings. The van der Waals surface area contributed by atoms with E-state index in [1.54, 1.807) is 6.07 Å². The Kier molecular flexibility index (Phi) is 5.07. The van der Waals surface area contributed by atoms with Crippen LogP contribution in [0.25, 0.3) is 0 Å². The topological polar surface area (TPSA) is 32.5 Å². The average molecular weight is 283 g/mol. The van der Waals surface area contributed by atoms with Gasteiger partial charge in [0.05, 0.1) is 0 Å². The van der Waals surface area contributed by atoms with Crippen LogP contribution >= 0.6 is 0 Å². The second kappa shape index (κ2) is 6.61. The van der Waals surface area contributed by atoms with Crippen LogP contribution in [-0.4, -0.2) is 49.6 Å². The number of halogens is 2. The van der Waals surface area contributed by atoms with E-state index in [0.717, 1.165) is 25.6 Å². The summed E-state index contributed by atoms with van der Waals surface area (Å²) < 4.78 is 27.3. The van der Waals surface area contributed by atoms with E-state index in [4.69, 9.17) is 5.73 Å². The molecule has 20 heavy (non-hydrogen) atoms. The van der Waals surface area contributed by atoms with Crippen LogP contribution in [0.2, 0.25) is 0 Å². The van der Waals surface area contributed by atoms with E-state index in [2.05, 4.69) is 11.9 Å². The zero-order chi connectivity index (χ0) is 14.7. The highest BCUT2D eigenvalue weighted by atomic mass is 19.2. The highest BCUT2D eigenvalue weighted by Crippen LogP contribution is 2.25. The fourth-order valence-corrected chi connectivity index (χ4v) is 2.99. The summed E-state index contributed by atoms with van der Waals surface area (Å²) in [6.45, 7) is 2.18. The molecule has 2 atom stereocenters. The number of hydrogen-bond donors (Lipinski definition) is 1. The van der Waals surface area contributed by atoms with Crippen molar-refractivity contribution in [2.24, 2.45) is 5.73 Å².